The number of rotatable bonds is 4. The minimum Gasteiger partial charge on any atom is -0.343 e. The van der Waals surface area contributed by atoms with E-state index in [4.69, 9.17) is 11.6 Å². The Morgan fingerprint density at radius 1 is 0.905 bits per heavy atom. The zero-order chi connectivity index (χ0) is 30.3. The number of halogens is 9. The second kappa shape index (κ2) is 13.0. The maximum Gasteiger partial charge on any atom is 0.416 e. The van der Waals surface area contributed by atoms with Gasteiger partial charge in [-0.2, -0.15) is 26.3 Å². The fourth-order valence-corrected chi connectivity index (χ4v) is 6.00. The van der Waals surface area contributed by atoms with Gasteiger partial charge >= 0.3 is 12.4 Å². The summed E-state index contributed by atoms with van der Waals surface area (Å²) < 4.78 is 94.6. The highest BCUT2D eigenvalue weighted by Crippen LogP contribution is 2.38. The fraction of sp³-hybridized carbons (Fsp3) is 0.500. The van der Waals surface area contributed by atoms with Crippen LogP contribution in [0.1, 0.15) is 59.2 Å². The molecule has 4 rings (SSSR count). The van der Waals surface area contributed by atoms with Crippen LogP contribution < -0.4 is 0 Å². The predicted molar refractivity (Wildman–Crippen MR) is 145 cm³/mol. The third-order valence-corrected chi connectivity index (χ3v) is 8.35. The Kier molecular flexibility index (Phi) is 10.5. The molecule has 2 aromatic carbocycles. The van der Waals surface area contributed by atoms with Gasteiger partial charge in [-0.3, -0.25) is 14.5 Å². The van der Waals surface area contributed by atoms with Gasteiger partial charge in [0.15, 0.2) is 0 Å². The molecule has 0 saturated carbocycles. The van der Waals surface area contributed by atoms with Gasteiger partial charge in [-0.15, -0.1) is 12.4 Å². The summed E-state index contributed by atoms with van der Waals surface area (Å²) in [5.41, 5.74) is -3.29. The van der Waals surface area contributed by atoms with Crippen LogP contribution in [0.5, 0.6) is 0 Å². The van der Waals surface area contributed by atoms with Crippen molar-refractivity contribution in [3.05, 3.63) is 69.5 Å². The van der Waals surface area contributed by atoms with E-state index in [-0.39, 0.29) is 35.4 Å². The number of hydrogen-bond donors (Lipinski definition) is 0. The summed E-state index contributed by atoms with van der Waals surface area (Å²) in [6, 6.07) is 4.47. The van der Waals surface area contributed by atoms with Crippen molar-refractivity contribution in [2.45, 2.75) is 56.5 Å². The highest BCUT2D eigenvalue weighted by molar-refractivity contribution is 6.30. The molecule has 2 heterocycles. The Morgan fingerprint density at radius 3 is 1.98 bits per heavy atom. The molecular weight excluding hydrogens is 614 g/mol. The van der Waals surface area contributed by atoms with E-state index in [0.717, 1.165) is 12.8 Å². The van der Waals surface area contributed by atoms with Crippen LogP contribution in [0.2, 0.25) is 5.02 Å². The monoisotopic (exact) mass is 643 g/mol. The molecule has 14 heteroatoms. The standard InChI is InChI=1S/C28H29ClF7N3O2.ClH/c1-16(40)38-8-5-21(6-9-38)39-10-7-25(22(15-39)17-3-4-24(30)23(29)13-17)37(2)26(41)18-11-19(27(31,32)33)14-20(12-18)28(34,35)36;/h3-4,11-14,21-22,25H,5-10,15H2,1-2H3;1H/t22-,25+;/m0./s1. The number of nitrogens with zero attached hydrogens (tertiary/aromatic N) is 3. The molecule has 0 aromatic heterocycles. The van der Waals surface area contributed by atoms with Crippen molar-refractivity contribution in [1.82, 2.24) is 14.7 Å². The topological polar surface area (TPSA) is 43.9 Å². The number of hydrogen-bond acceptors (Lipinski definition) is 3. The van der Waals surface area contributed by atoms with Gasteiger partial charge < -0.3 is 9.80 Å². The number of likely N-dealkylation sites (N-methyl/N-ethyl adjacent to an activating group) is 1. The van der Waals surface area contributed by atoms with Gasteiger partial charge in [-0.05, 0) is 55.2 Å². The number of amides is 2. The lowest BCUT2D eigenvalue weighted by Crippen LogP contribution is -2.55. The Morgan fingerprint density at radius 2 is 1.48 bits per heavy atom. The van der Waals surface area contributed by atoms with Crippen LogP contribution in [0.3, 0.4) is 0 Å². The summed E-state index contributed by atoms with van der Waals surface area (Å²) in [4.78, 5) is 30.3. The molecule has 2 aromatic rings. The van der Waals surface area contributed by atoms with Gasteiger partial charge in [0.05, 0.1) is 16.1 Å². The molecule has 2 aliphatic rings. The quantitative estimate of drug-likeness (QED) is 0.341. The summed E-state index contributed by atoms with van der Waals surface area (Å²) in [6.45, 7) is 3.58. The Balaban J connectivity index is 0.00000484. The number of piperidine rings is 2. The normalized spacial score (nSPS) is 20.7. The second-order valence-electron chi connectivity index (χ2n) is 10.6. The van der Waals surface area contributed by atoms with Gasteiger partial charge in [0.1, 0.15) is 5.82 Å². The first-order valence-corrected chi connectivity index (χ1v) is 13.4. The second-order valence-corrected chi connectivity index (χ2v) is 11.0. The molecule has 0 bridgehead atoms. The SMILES string of the molecule is CC(=O)N1CCC(N2CC[C@@H](N(C)C(=O)c3cc(C(F)(F)F)cc(C(F)(F)F)c3)[C@H](c3ccc(F)c(Cl)c3)C2)CC1.Cl. The molecule has 2 aliphatic heterocycles. The number of benzene rings is 2. The lowest BCUT2D eigenvalue weighted by atomic mass is 9.83. The van der Waals surface area contributed by atoms with Gasteiger partial charge in [0.2, 0.25) is 5.91 Å². The van der Waals surface area contributed by atoms with Gasteiger partial charge in [0.25, 0.3) is 5.91 Å². The molecule has 2 fully saturated rings. The zero-order valence-electron chi connectivity index (χ0n) is 22.7. The summed E-state index contributed by atoms with van der Waals surface area (Å²) in [7, 11) is 1.35. The first-order chi connectivity index (χ1) is 19.1. The third kappa shape index (κ3) is 7.49. The first-order valence-electron chi connectivity index (χ1n) is 13.1. The number of likely N-dealkylation sites (tertiary alicyclic amines) is 2. The summed E-state index contributed by atoms with van der Waals surface area (Å²) in [5, 5.41) is -0.144. The van der Waals surface area contributed by atoms with Gasteiger partial charge in [0, 0.05) is 63.7 Å². The van der Waals surface area contributed by atoms with Crippen LogP contribution in [0.25, 0.3) is 0 Å². The zero-order valence-corrected chi connectivity index (χ0v) is 24.3. The van der Waals surface area contributed by atoms with Crippen LogP contribution in [-0.4, -0.2) is 71.8 Å². The molecule has 0 unspecified atom stereocenters. The lowest BCUT2D eigenvalue weighted by molar-refractivity contribution is -0.143. The first kappa shape index (κ1) is 33.9. The molecule has 2 saturated heterocycles. The number of carbonyl (C=O) groups excluding carboxylic acids is 2. The molecule has 0 aliphatic carbocycles. The highest BCUT2D eigenvalue weighted by Gasteiger charge is 2.41. The molecule has 0 spiro atoms. The van der Waals surface area contributed by atoms with E-state index in [1.54, 1.807) is 4.90 Å². The van der Waals surface area contributed by atoms with Crippen molar-refractivity contribution < 1.29 is 40.3 Å². The maximum absolute atomic E-state index is 14.0. The van der Waals surface area contributed by atoms with Crippen LogP contribution in [0.15, 0.2) is 36.4 Å². The minimum atomic E-state index is -5.09. The van der Waals surface area contributed by atoms with Crippen LogP contribution >= 0.6 is 24.0 Å². The maximum atomic E-state index is 14.0. The molecule has 42 heavy (non-hydrogen) atoms. The number of alkyl halides is 6. The summed E-state index contributed by atoms with van der Waals surface area (Å²) in [5.74, 6) is -2.11. The summed E-state index contributed by atoms with van der Waals surface area (Å²) in [6.07, 6.45) is -8.38. The van der Waals surface area contributed by atoms with E-state index in [1.165, 1.54) is 37.1 Å². The fourth-order valence-electron chi connectivity index (χ4n) is 5.81. The van der Waals surface area contributed by atoms with Crippen molar-refractivity contribution in [2.75, 3.05) is 33.2 Å². The average Bonchev–Trinajstić information content (AvgIpc) is 2.92. The Hall–Kier alpha value is -2.57. The largest absolute Gasteiger partial charge is 0.416 e. The van der Waals surface area contributed by atoms with Crippen molar-refractivity contribution in [1.29, 1.82) is 0 Å². The summed E-state index contributed by atoms with van der Waals surface area (Å²) >= 11 is 6.05. The Labute approximate surface area is 250 Å². The minimum absolute atomic E-state index is 0. The van der Waals surface area contributed by atoms with Gasteiger partial charge in [-0.1, -0.05) is 17.7 Å². The van der Waals surface area contributed by atoms with Crippen LogP contribution in [0, 0.1) is 5.82 Å². The molecule has 0 radical (unpaired) electrons. The van der Waals surface area contributed by atoms with Crippen molar-refractivity contribution in [3.63, 3.8) is 0 Å². The molecule has 5 nitrogen and oxygen atoms in total. The van der Waals surface area contributed by atoms with Crippen molar-refractivity contribution in [2.24, 2.45) is 0 Å². The molecule has 2 amide bonds. The van der Waals surface area contributed by atoms with E-state index in [2.05, 4.69) is 4.90 Å². The lowest BCUT2D eigenvalue weighted by Gasteiger charge is -2.47. The number of carbonyl (C=O) groups is 2. The van der Waals surface area contributed by atoms with Gasteiger partial charge in [-0.25, -0.2) is 4.39 Å². The third-order valence-electron chi connectivity index (χ3n) is 8.06. The average molecular weight is 644 g/mol. The smallest absolute Gasteiger partial charge is 0.343 e. The van der Waals surface area contributed by atoms with E-state index >= 15 is 0 Å². The predicted octanol–water partition coefficient (Wildman–Crippen LogP) is 6.88. The van der Waals surface area contributed by atoms with E-state index in [0.29, 0.717) is 50.3 Å². The highest BCUT2D eigenvalue weighted by atomic mass is 35.5. The van der Waals surface area contributed by atoms with Crippen molar-refractivity contribution >= 4 is 35.8 Å². The van der Waals surface area contributed by atoms with Crippen molar-refractivity contribution in [3.8, 4) is 0 Å². The molecule has 2 atom stereocenters. The van der Waals surface area contributed by atoms with Crippen LogP contribution in [0.4, 0.5) is 30.7 Å². The Bertz CT molecular complexity index is 1260. The van der Waals surface area contributed by atoms with E-state index < -0.39 is 52.7 Å². The molecule has 0 N–H and O–H groups in total. The molecular formula is C28H30Cl2F7N3O2. The van der Waals surface area contributed by atoms with E-state index in [1.807, 2.05) is 0 Å². The van der Waals surface area contributed by atoms with E-state index in [9.17, 15) is 40.3 Å². The molecule has 232 valence electrons. The van der Waals surface area contributed by atoms with Crippen LogP contribution in [-0.2, 0) is 17.1 Å².